The third-order valence-corrected chi connectivity index (χ3v) is 18.1. The van der Waals surface area contributed by atoms with E-state index in [2.05, 4.69) is 48.5 Å². The second kappa shape index (κ2) is 60.0. The van der Waals surface area contributed by atoms with E-state index < -0.39 is 97.5 Å². The van der Waals surface area contributed by atoms with Crippen LogP contribution in [0.1, 0.15) is 344 Å². The Morgan fingerprint density at radius 3 is 0.864 bits per heavy atom. The zero-order chi connectivity index (χ0) is 65.2. The molecule has 0 saturated carbocycles. The first-order valence-electron chi connectivity index (χ1n) is 35.9. The van der Waals surface area contributed by atoms with Crippen LogP contribution in [-0.2, 0) is 65.4 Å². The lowest BCUT2D eigenvalue weighted by molar-refractivity contribution is -0.161. The van der Waals surface area contributed by atoms with Crippen LogP contribution in [0.3, 0.4) is 0 Å². The summed E-state index contributed by atoms with van der Waals surface area (Å²) < 4.78 is 68.1. The average Bonchev–Trinajstić information content (AvgIpc) is 3.66. The number of aliphatic hydroxyl groups is 1. The summed E-state index contributed by atoms with van der Waals surface area (Å²) in [5.74, 6) is 0.150. The van der Waals surface area contributed by atoms with Gasteiger partial charge in [-0.1, -0.05) is 292 Å². The van der Waals surface area contributed by atoms with Gasteiger partial charge in [-0.2, -0.15) is 0 Å². The fourth-order valence-electron chi connectivity index (χ4n) is 10.3. The number of carbonyl (C=O) groups excluding carboxylic acids is 4. The van der Waals surface area contributed by atoms with Crippen molar-refractivity contribution >= 4 is 39.5 Å². The minimum absolute atomic E-state index is 0.101. The van der Waals surface area contributed by atoms with E-state index in [-0.39, 0.29) is 25.7 Å². The summed E-state index contributed by atoms with van der Waals surface area (Å²) in [5.41, 5.74) is 0. The minimum atomic E-state index is -4.95. The molecule has 0 aliphatic heterocycles. The van der Waals surface area contributed by atoms with Crippen molar-refractivity contribution in [3.05, 3.63) is 0 Å². The van der Waals surface area contributed by atoms with Gasteiger partial charge in [0.1, 0.15) is 19.3 Å². The van der Waals surface area contributed by atoms with E-state index in [9.17, 15) is 43.2 Å². The van der Waals surface area contributed by atoms with Crippen LogP contribution in [0.15, 0.2) is 0 Å². The fraction of sp³-hybridized carbons (Fsp3) is 0.942. The number of rotatable bonds is 67. The number of aliphatic hydroxyl groups excluding tert-OH is 1. The van der Waals surface area contributed by atoms with Crippen molar-refractivity contribution in [2.45, 2.75) is 362 Å². The molecule has 0 aliphatic rings. The van der Waals surface area contributed by atoms with Gasteiger partial charge >= 0.3 is 39.5 Å². The summed E-state index contributed by atoms with van der Waals surface area (Å²) in [6.45, 7) is 11.8. The summed E-state index contributed by atoms with van der Waals surface area (Å²) in [6, 6.07) is 0. The molecule has 0 aromatic rings. The molecule has 19 heteroatoms. The van der Waals surface area contributed by atoms with Gasteiger partial charge < -0.3 is 33.8 Å². The molecule has 0 aromatic carbocycles. The van der Waals surface area contributed by atoms with Crippen LogP contribution in [0, 0.1) is 17.8 Å². The molecule has 0 aliphatic carbocycles. The molecule has 0 amide bonds. The SMILES string of the molecule is CCCCCCCCCC(=O)OC[C@H](COP(=O)(O)OC[C@H](O)COP(=O)(O)OC[C@@H](COC(=O)CCCCCCCCCCCCCC(C)C)OC(=O)CCCCCCCCCCCCCCCCC(C)CC)OC(=O)CCCCCCCCC(C)C. The second-order valence-electron chi connectivity index (χ2n) is 26.1. The number of carbonyl (C=O) groups is 4. The second-order valence-corrected chi connectivity index (χ2v) is 29.0. The maximum Gasteiger partial charge on any atom is 0.472 e. The van der Waals surface area contributed by atoms with Gasteiger partial charge in [-0.05, 0) is 43.4 Å². The summed E-state index contributed by atoms with van der Waals surface area (Å²) in [4.78, 5) is 72.3. The van der Waals surface area contributed by atoms with E-state index in [0.717, 1.165) is 115 Å². The minimum Gasteiger partial charge on any atom is -0.462 e. The molecule has 0 radical (unpaired) electrons. The third-order valence-electron chi connectivity index (χ3n) is 16.2. The van der Waals surface area contributed by atoms with Crippen molar-refractivity contribution in [3.8, 4) is 0 Å². The van der Waals surface area contributed by atoms with Crippen molar-refractivity contribution < 1.29 is 80.2 Å². The standard InChI is InChI=1S/C69H134O17P2/c1-8-10-11-12-26-36-43-50-66(71)79-56-65(86-69(74)53-46-39-32-31-34-41-48-61(5)6)59-84-88(77,78)82-55-63(70)54-81-87(75,76)83-58-64(57-80-67(72)51-44-37-29-24-21-17-18-22-27-33-40-47-60(3)4)85-68(73)52-45-38-30-25-20-16-14-13-15-19-23-28-35-42-49-62(7)9-2/h60-65,70H,8-59H2,1-7H3,(H,75,76)(H,77,78)/t62?,63-,64-,65-/m1/s1. The van der Waals surface area contributed by atoms with Crippen LogP contribution in [0.4, 0.5) is 0 Å². The molecule has 88 heavy (non-hydrogen) atoms. The van der Waals surface area contributed by atoms with Crippen LogP contribution in [0.2, 0.25) is 0 Å². The number of hydrogen-bond donors (Lipinski definition) is 3. The molecule has 0 saturated heterocycles. The van der Waals surface area contributed by atoms with E-state index in [1.165, 1.54) is 141 Å². The lowest BCUT2D eigenvalue weighted by Crippen LogP contribution is -2.30. The number of ether oxygens (including phenoxy) is 4. The Hall–Kier alpha value is -1.94. The summed E-state index contributed by atoms with van der Waals surface area (Å²) >= 11 is 0. The molecule has 0 aromatic heterocycles. The molecular weight excluding hydrogens is 1160 g/mol. The van der Waals surface area contributed by atoms with Gasteiger partial charge in [0.05, 0.1) is 26.4 Å². The maximum atomic E-state index is 13.0. The van der Waals surface area contributed by atoms with Gasteiger partial charge in [0, 0.05) is 25.7 Å². The normalized spacial score (nSPS) is 14.5. The zero-order valence-corrected chi connectivity index (χ0v) is 59.0. The van der Waals surface area contributed by atoms with E-state index in [0.29, 0.717) is 31.6 Å². The van der Waals surface area contributed by atoms with Gasteiger partial charge in [0.2, 0.25) is 0 Å². The first kappa shape index (κ1) is 86.1. The highest BCUT2D eigenvalue weighted by Crippen LogP contribution is 2.45. The fourth-order valence-corrected chi connectivity index (χ4v) is 11.9. The molecule has 0 rings (SSSR count). The lowest BCUT2D eigenvalue weighted by atomic mass is 9.99. The van der Waals surface area contributed by atoms with Crippen LogP contribution >= 0.6 is 15.6 Å². The van der Waals surface area contributed by atoms with E-state index >= 15 is 0 Å². The Balaban J connectivity index is 5.19. The molecular formula is C69H134O17P2. The number of hydrogen-bond acceptors (Lipinski definition) is 15. The predicted molar refractivity (Wildman–Crippen MR) is 354 cm³/mol. The van der Waals surface area contributed by atoms with Crippen LogP contribution in [0.25, 0.3) is 0 Å². The first-order chi connectivity index (χ1) is 42.3. The largest absolute Gasteiger partial charge is 0.472 e. The molecule has 3 unspecified atom stereocenters. The Morgan fingerprint density at radius 2 is 0.580 bits per heavy atom. The Morgan fingerprint density at radius 1 is 0.330 bits per heavy atom. The summed E-state index contributed by atoms with van der Waals surface area (Å²) in [7, 11) is -9.89. The predicted octanol–water partition coefficient (Wildman–Crippen LogP) is 19.5. The third kappa shape index (κ3) is 61.6. The lowest BCUT2D eigenvalue weighted by Gasteiger charge is -2.21. The van der Waals surface area contributed by atoms with Crippen molar-refractivity contribution in [3.63, 3.8) is 0 Å². The van der Waals surface area contributed by atoms with Crippen molar-refractivity contribution in [1.82, 2.24) is 0 Å². The van der Waals surface area contributed by atoms with E-state index in [1.54, 1.807) is 0 Å². The van der Waals surface area contributed by atoms with Crippen LogP contribution < -0.4 is 0 Å². The first-order valence-corrected chi connectivity index (χ1v) is 38.9. The number of esters is 4. The quantitative estimate of drug-likeness (QED) is 0.0222. The molecule has 0 heterocycles. The van der Waals surface area contributed by atoms with Crippen LogP contribution in [0.5, 0.6) is 0 Å². The molecule has 0 bridgehead atoms. The van der Waals surface area contributed by atoms with E-state index in [1.807, 2.05) is 0 Å². The summed E-state index contributed by atoms with van der Waals surface area (Å²) in [6.07, 6.45) is 43.3. The number of phosphoric ester groups is 2. The highest BCUT2D eigenvalue weighted by atomic mass is 31.2. The highest BCUT2D eigenvalue weighted by Gasteiger charge is 2.30. The Bertz CT molecular complexity index is 1730. The molecule has 3 N–H and O–H groups in total. The van der Waals surface area contributed by atoms with Gasteiger partial charge in [0.25, 0.3) is 0 Å². The van der Waals surface area contributed by atoms with Crippen molar-refractivity contribution in [2.75, 3.05) is 39.6 Å². The summed E-state index contributed by atoms with van der Waals surface area (Å²) in [5, 5.41) is 10.6. The number of phosphoric acid groups is 2. The van der Waals surface area contributed by atoms with Gasteiger partial charge in [-0.3, -0.25) is 37.3 Å². The molecule has 6 atom stereocenters. The Labute approximate surface area is 537 Å². The van der Waals surface area contributed by atoms with Crippen molar-refractivity contribution in [2.24, 2.45) is 17.8 Å². The molecule has 0 fully saturated rings. The maximum absolute atomic E-state index is 13.0. The van der Waals surface area contributed by atoms with Gasteiger partial charge in [0.15, 0.2) is 12.2 Å². The number of unbranched alkanes of at least 4 members (excludes halogenated alkanes) is 34. The highest BCUT2D eigenvalue weighted by molar-refractivity contribution is 7.47. The zero-order valence-electron chi connectivity index (χ0n) is 57.2. The van der Waals surface area contributed by atoms with Crippen LogP contribution in [-0.4, -0.2) is 96.7 Å². The van der Waals surface area contributed by atoms with Gasteiger partial charge in [-0.15, -0.1) is 0 Å². The molecule has 0 spiro atoms. The molecule has 17 nitrogen and oxygen atoms in total. The van der Waals surface area contributed by atoms with Crippen molar-refractivity contribution in [1.29, 1.82) is 0 Å². The van der Waals surface area contributed by atoms with Gasteiger partial charge in [-0.25, -0.2) is 9.13 Å². The monoisotopic (exact) mass is 1300 g/mol. The molecule has 522 valence electrons. The van der Waals surface area contributed by atoms with E-state index in [4.69, 9.17) is 37.0 Å². The Kier molecular flexibility index (Phi) is 58.7. The average molecular weight is 1300 g/mol. The smallest absolute Gasteiger partial charge is 0.462 e. The topological polar surface area (TPSA) is 237 Å².